The maximum atomic E-state index is 13.5. The highest BCUT2D eigenvalue weighted by Gasteiger charge is 2.38. The van der Waals surface area contributed by atoms with Gasteiger partial charge in [0.1, 0.15) is 21.3 Å². The van der Waals surface area contributed by atoms with Gasteiger partial charge in [-0.15, -0.1) is 0 Å². The molecule has 33 heavy (non-hydrogen) atoms. The maximum absolute atomic E-state index is 13.5. The van der Waals surface area contributed by atoms with Crippen molar-refractivity contribution in [2.24, 2.45) is 0 Å². The summed E-state index contributed by atoms with van der Waals surface area (Å²) in [6.45, 7) is 3.83. The molecule has 8 heteroatoms. The Morgan fingerprint density at radius 2 is 1.82 bits per heavy atom. The fraction of sp³-hybridized carbons (Fsp3) is 0.280. The third-order valence-electron chi connectivity index (χ3n) is 6.14. The standard InChI is InChI=1S/C25H23N3O3S2/c1-15-8-3-6-12-19(15)31-22-18(23(29)27-13-7-9-16(2)21(27)26-22)14-20-24(30)28(25(32)33-20)17-10-4-5-11-17/h3,6-9,12-14,17H,4-5,10-11H2,1-2H3/b20-14+. The van der Waals surface area contributed by atoms with Crippen LogP contribution in [0.5, 0.6) is 11.6 Å². The van der Waals surface area contributed by atoms with Gasteiger partial charge in [0.2, 0.25) is 5.88 Å². The van der Waals surface area contributed by atoms with E-state index in [0.29, 0.717) is 20.6 Å². The summed E-state index contributed by atoms with van der Waals surface area (Å²) in [4.78, 5) is 33.6. The average molecular weight is 478 g/mol. The van der Waals surface area contributed by atoms with Crippen LogP contribution in [0, 0.1) is 13.8 Å². The molecular formula is C25H23N3O3S2. The van der Waals surface area contributed by atoms with Gasteiger partial charge in [-0.3, -0.25) is 18.9 Å². The summed E-state index contributed by atoms with van der Waals surface area (Å²) >= 11 is 6.76. The van der Waals surface area contributed by atoms with Crippen molar-refractivity contribution in [2.75, 3.05) is 0 Å². The number of nitrogens with zero attached hydrogens (tertiary/aromatic N) is 3. The van der Waals surface area contributed by atoms with E-state index < -0.39 is 0 Å². The lowest BCUT2D eigenvalue weighted by Gasteiger charge is -2.21. The molecule has 0 radical (unpaired) electrons. The summed E-state index contributed by atoms with van der Waals surface area (Å²) < 4.78 is 8.18. The van der Waals surface area contributed by atoms with Crippen molar-refractivity contribution in [3.63, 3.8) is 0 Å². The van der Waals surface area contributed by atoms with E-state index in [1.165, 1.54) is 16.2 Å². The minimum absolute atomic E-state index is 0.143. The number of fused-ring (bicyclic) bond motifs is 1. The third-order valence-corrected chi connectivity index (χ3v) is 7.47. The number of hydrogen-bond acceptors (Lipinski definition) is 6. The molecule has 0 bridgehead atoms. The highest BCUT2D eigenvalue weighted by Crippen LogP contribution is 2.38. The number of para-hydroxylation sites is 1. The number of carbonyl (C=O) groups is 1. The van der Waals surface area contributed by atoms with Gasteiger partial charge in [0, 0.05) is 12.2 Å². The Morgan fingerprint density at radius 3 is 2.58 bits per heavy atom. The lowest BCUT2D eigenvalue weighted by molar-refractivity contribution is -0.123. The minimum atomic E-state index is -0.293. The van der Waals surface area contributed by atoms with Crippen LogP contribution in [0.3, 0.4) is 0 Å². The molecule has 3 heterocycles. The van der Waals surface area contributed by atoms with Crippen LogP contribution >= 0.6 is 24.0 Å². The molecule has 3 aromatic rings. The topological polar surface area (TPSA) is 63.9 Å². The van der Waals surface area contributed by atoms with Crippen molar-refractivity contribution in [2.45, 2.75) is 45.6 Å². The molecule has 2 aliphatic rings. The summed E-state index contributed by atoms with van der Waals surface area (Å²) in [6.07, 6.45) is 7.39. The molecule has 0 unspecified atom stereocenters. The molecule has 0 atom stereocenters. The Kier molecular flexibility index (Phi) is 5.80. The number of aromatic nitrogens is 2. The molecule has 1 saturated heterocycles. The molecular weight excluding hydrogens is 454 g/mol. The first-order chi connectivity index (χ1) is 15.9. The smallest absolute Gasteiger partial charge is 0.269 e. The van der Waals surface area contributed by atoms with Gasteiger partial charge in [-0.25, -0.2) is 0 Å². The predicted molar refractivity (Wildman–Crippen MR) is 135 cm³/mol. The Morgan fingerprint density at radius 1 is 1.09 bits per heavy atom. The average Bonchev–Trinajstić information content (AvgIpc) is 3.41. The van der Waals surface area contributed by atoms with Gasteiger partial charge >= 0.3 is 0 Å². The summed E-state index contributed by atoms with van der Waals surface area (Å²) in [5.41, 5.74) is 2.22. The zero-order valence-corrected chi connectivity index (χ0v) is 20.0. The van der Waals surface area contributed by atoms with Crippen LogP contribution in [-0.2, 0) is 4.79 Å². The molecule has 1 aromatic carbocycles. The van der Waals surface area contributed by atoms with E-state index in [9.17, 15) is 9.59 Å². The van der Waals surface area contributed by atoms with Gasteiger partial charge < -0.3 is 4.74 Å². The van der Waals surface area contributed by atoms with Gasteiger partial charge in [0.25, 0.3) is 11.5 Å². The van der Waals surface area contributed by atoms with E-state index in [4.69, 9.17) is 17.0 Å². The number of carbonyl (C=O) groups excluding carboxylic acids is 1. The molecule has 6 nitrogen and oxygen atoms in total. The van der Waals surface area contributed by atoms with Crippen LogP contribution in [0.2, 0.25) is 0 Å². The van der Waals surface area contributed by atoms with E-state index >= 15 is 0 Å². The number of rotatable bonds is 4. The van der Waals surface area contributed by atoms with Gasteiger partial charge in [0.05, 0.1) is 4.91 Å². The van der Waals surface area contributed by atoms with Crippen LogP contribution in [0.4, 0.5) is 0 Å². The second kappa shape index (κ2) is 8.76. The quantitative estimate of drug-likeness (QED) is 0.378. The molecule has 1 aliphatic heterocycles. The Hall–Kier alpha value is -2.97. The van der Waals surface area contributed by atoms with E-state index in [1.54, 1.807) is 23.2 Å². The Bertz CT molecular complexity index is 1370. The van der Waals surface area contributed by atoms with Crippen molar-refractivity contribution >= 4 is 45.9 Å². The van der Waals surface area contributed by atoms with E-state index in [0.717, 1.165) is 36.8 Å². The summed E-state index contributed by atoms with van der Waals surface area (Å²) in [6, 6.07) is 11.4. The highest BCUT2D eigenvalue weighted by molar-refractivity contribution is 8.26. The molecule has 1 saturated carbocycles. The number of aryl methyl sites for hydroxylation is 2. The second-order valence-electron chi connectivity index (χ2n) is 8.38. The van der Waals surface area contributed by atoms with Crippen molar-refractivity contribution in [3.8, 4) is 11.6 Å². The monoisotopic (exact) mass is 477 g/mol. The van der Waals surface area contributed by atoms with Gasteiger partial charge in [-0.2, -0.15) is 4.98 Å². The van der Waals surface area contributed by atoms with Crippen molar-refractivity contribution in [3.05, 3.63) is 74.5 Å². The van der Waals surface area contributed by atoms with Crippen molar-refractivity contribution in [1.29, 1.82) is 0 Å². The largest absolute Gasteiger partial charge is 0.438 e. The van der Waals surface area contributed by atoms with Crippen LogP contribution in [-0.4, -0.2) is 30.6 Å². The Labute approximate surface area is 201 Å². The van der Waals surface area contributed by atoms with Crippen LogP contribution in [0.1, 0.15) is 42.4 Å². The second-order valence-corrected chi connectivity index (χ2v) is 10.1. The predicted octanol–water partition coefficient (Wildman–Crippen LogP) is 5.25. The molecule has 2 aromatic heterocycles. The summed E-state index contributed by atoms with van der Waals surface area (Å²) in [5, 5.41) is 0. The SMILES string of the molecule is Cc1ccccc1Oc1nc2c(C)cccn2c(=O)c1/C=C1/SC(=S)N(C2CCCC2)C1=O. The summed E-state index contributed by atoms with van der Waals surface area (Å²) in [7, 11) is 0. The first-order valence-electron chi connectivity index (χ1n) is 11.0. The lowest BCUT2D eigenvalue weighted by Crippen LogP contribution is -2.36. The number of benzene rings is 1. The number of amides is 1. The molecule has 168 valence electrons. The normalized spacial score (nSPS) is 18.1. The highest BCUT2D eigenvalue weighted by atomic mass is 32.2. The molecule has 0 spiro atoms. The third kappa shape index (κ3) is 3.98. The maximum Gasteiger partial charge on any atom is 0.269 e. The van der Waals surface area contributed by atoms with Crippen LogP contribution in [0.15, 0.2) is 52.3 Å². The Balaban J connectivity index is 1.64. The minimum Gasteiger partial charge on any atom is -0.438 e. The molecule has 0 N–H and O–H groups in total. The van der Waals surface area contributed by atoms with Gasteiger partial charge in [0.15, 0.2) is 0 Å². The van der Waals surface area contributed by atoms with Crippen molar-refractivity contribution in [1.82, 2.24) is 14.3 Å². The van der Waals surface area contributed by atoms with Crippen molar-refractivity contribution < 1.29 is 9.53 Å². The number of pyridine rings is 1. The number of thioether (sulfide) groups is 1. The fourth-order valence-corrected chi connectivity index (χ4v) is 5.74. The molecule has 5 rings (SSSR count). The lowest BCUT2D eigenvalue weighted by atomic mass is 10.2. The number of thiocarbonyl (C=S) groups is 1. The van der Waals surface area contributed by atoms with E-state index in [1.807, 2.05) is 44.2 Å². The number of hydrogen-bond donors (Lipinski definition) is 0. The first-order valence-corrected chi connectivity index (χ1v) is 12.2. The fourth-order valence-electron chi connectivity index (χ4n) is 4.36. The van der Waals surface area contributed by atoms with Crippen LogP contribution < -0.4 is 10.3 Å². The van der Waals surface area contributed by atoms with E-state index in [-0.39, 0.29) is 29.0 Å². The molecule has 2 fully saturated rings. The molecule has 1 aliphatic carbocycles. The zero-order valence-electron chi connectivity index (χ0n) is 18.4. The number of ether oxygens (including phenoxy) is 1. The zero-order chi connectivity index (χ0) is 23.1. The van der Waals surface area contributed by atoms with Crippen LogP contribution in [0.25, 0.3) is 11.7 Å². The van der Waals surface area contributed by atoms with E-state index in [2.05, 4.69) is 4.98 Å². The summed E-state index contributed by atoms with van der Waals surface area (Å²) in [5.74, 6) is 0.637. The first kappa shape index (κ1) is 21.9. The van der Waals surface area contributed by atoms with Gasteiger partial charge in [-0.05, 0) is 56.0 Å². The van der Waals surface area contributed by atoms with Gasteiger partial charge in [-0.1, -0.05) is 61.1 Å². The molecule has 1 amide bonds.